The third-order valence-corrected chi connectivity index (χ3v) is 4.18. The molecule has 1 amide bonds. The van der Waals surface area contributed by atoms with Gasteiger partial charge in [-0.15, -0.1) is 0 Å². The van der Waals surface area contributed by atoms with Gasteiger partial charge in [0.15, 0.2) is 0 Å². The van der Waals surface area contributed by atoms with Gasteiger partial charge in [0.25, 0.3) is 0 Å². The van der Waals surface area contributed by atoms with Crippen molar-refractivity contribution in [1.82, 2.24) is 0 Å². The summed E-state index contributed by atoms with van der Waals surface area (Å²) in [7, 11) is 0. The van der Waals surface area contributed by atoms with Gasteiger partial charge in [-0.1, -0.05) is 19.3 Å². The van der Waals surface area contributed by atoms with E-state index in [0.717, 1.165) is 31.4 Å². The van der Waals surface area contributed by atoms with Crippen molar-refractivity contribution in [3.8, 4) is 0 Å². The molecule has 5 heteroatoms. The number of carbonyl (C=O) groups is 1. The summed E-state index contributed by atoms with van der Waals surface area (Å²) in [5.74, 6) is -1.46. The molecule has 0 heterocycles. The quantitative estimate of drug-likeness (QED) is 0.895. The number of hydrogen-bond donors (Lipinski definition) is 2. The van der Waals surface area contributed by atoms with Crippen LogP contribution in [-0.2, 0) is 4.79 Å². The third-order valence-electron chi connectivity index (χ3n) is 4.18. The number of aryl methyl sites for hydroxylation is 1. The Morgan fingerprint density at radius 3 is 2.50 bits per heavy atom. The molecule has 1 aliphatic rings. The molecular formula is C15H20F2N2O. The van der Waals surface area contributed by atoms with Gasteiger partial charge in [-0.05, 0) is 31.4 Å². The summed E-state index contributed by atoms with van der Waals surface area (Å²) in [6.07, 6.45) is 4.36. The van der Waals surface area contributed by atoms with Gasteiger partial charge in [0.05, 0.1) is 11.1 Å². The van der Waals surface area contributed by atoms with Gasteiger partial charge in [0.1, 0.15) is 11.6 Å². The van der Waals surface area contributed by atoms with E-state index in [4.69, 9.17) is 5.73 Å². The minimum absolute atomic E-state index is 0.114. The lowest BCUT2D eigenvalue weighted by Gasteiger charge is -2.34. The smallest absolute Gasteiger partial charge is 0.231 e. The molecule has 0 atom stereocenters. The Kier molecular flexibility index (Phi) is 4.38. The molecule has 3 nitrogen and oxygen atoms in total. The van der Waals surface area contributed by atoms with Crippen LogP contribution in [0, 0.1) is 24.0 Å². The molecular weight excluding hydrogens is 262 g/mol. The van der Waals surface area contributed by atoms with Gasteiger partial charge in [-0.3, -0.25) is 4.79 Å². The Balaban J connectivity index is 2.20. The van der Waals surface area contributed by atoms with Crippen LogP contribution < -0.4 is 11.1 Å². The van der Waals surface area contributed by atoms with E-state index in [0.29, 0.717) is 12.8 Å². The largest absolute Gasteiger partial charge is 0.329 e. The number of amides is 1. The maximum Gasteiger partial charge on any atom is 0.231 e. The normalized spacial score (nSPS) is 17.8. The molecule has 2 rings (SSSR count). The lowest BCUT2D eigenvalue weighted by Crippen LogP contribution is -2.44. The Morgan fingerprint density at radius 1 is 1.25 bits per heavy atom. The molecule has 0 aliphatic heterocycles. The molecule has 1 fully saturated rings. The summed E-state index contributed by atoms with van der Waals surface area (Å²) < 4.78 is 27.3. The van der Waals surface area contributed by atoms with Crippen LogP contribution in [0.15, 0.2) is 12.1 Å². The van der Waals surface area contributed by atoms with E-state index in [-0.39, 0.29) is 23.7 Å². The van der Waals surface area contributed by atoms with E-state index in [2.05, 4.69) is 5.32 Å². The zero-order valence-electron chi connectivity index (χ0n) is 11.6. The monoisotopic (exact) mass is 282 g/mol. The zero-order chi connectivity index (χ0) is 14.8. The topological polar surface area (TPSA) is 55.1 Å². The van der Waals surface area contributed by atoms with Crippen LogP contribution >= 0.6 is 0 Å². The van der Waals surface area contributed by atoms with Crippen molar-refractivity contribution in [1.29, 1.82) is 0 Å². The SMILES string of the molecule is Cc1cc(F)c(NC(=O)C2(CN)CCCCC2)cc1F. The lowest BCUT2D eigenvalue weighted by molar-refractivity contribution is -0.126. The molecule has 0 radical (unpaired) electrons. The first-order valence-corrected chi connectivity index (χ1v) is 6.96. The molecule has 0 bridgehead atoms. The van der Waals surface area contributed by atoms with Gasteiger partial charge >= 0.3 is 0 Å². The fourth-order valence-corrected chi connectivity index (χ4v) is 2.75. The van der Waals surface area contributed by atoms with E-state index >= 15 is 0 Å². The number of halogens is 2. The second-order valence-electron chi connectivity index (χ2n) is 5.58. The van der Waals surface area contributed by atoms with Gasteiger partial charge in [0.2, 0.25) is 5.91 Å². The van der Waals surface area contributed by atoms with Crippen LogP contribution in [0.2, 0.25) is 0 Å². The van der Waals surface area contributed by atoms with Gasteiger partial charge < -0.3 is 11.1 Å². The molecule has 0 spiro atoms. The molecule has 1 saturated carbocycles. The summed E-state index contributed by atoms with van der Waals surface area (Å²) in [6.45, 7) is 1.71. The fourth-order valence-electron chi connectivity index (χ4n) is 2.75. The van der Waals surface area contributed by atoms with Crippen molar-refractivity contribution in [3.05, 3.63) is 29.3 Å². The first-order valence-electron chi connectivity index (χ1n) is 6.96. The number of carbonyl (C=O) groups excluding carboxylic acids is 1. The van der Waals surface area contributed by atoms with E-state index < -0.39 is 17.0 Å². The van der Waals surface area contributed by atoms with Crippen molar-refractivity contribution < 1.29 is 13.6 Å². The molecule has 1 aromatic rings. The average Bonchev–Trinajstić information content (AvgIpc) is 2.45. The minimum Gasteiger partial charge on any atom is -0.329 e. The standard InChI is InChI=1S/C15H20F2N2O/c1-10-7-12(17)13(8-11(10)16)19-14(20)15(9-18)5-3-2-4-6-15/h7-8H,2-6,9,18H2,1H3,(H,19,20). The van der Waals surface area contributed by atoms with Crippen molar-refractivity contribution in [2.24, 2.45) is 11.1 Å². The predicted octanol–water partition coefficient (Wildman–Crippen LogP) is 3.12. The van der Waals surface area contributed by atoms with Gasteiger partial charge in [0, 0.05) is 12.6 Å². The fraction of sp³-hybridized carbons (Fsp3) is 0.533. The third kappa shape index (κ3) is 2.82. The Labute approximate surface area is 117 Å². The van der Waals surface area contributed by atoms with Crippen molar-refractivity contribution in [3.63, 3.8) is 0 Å². The highest BCUT2D eigenvalue weighted by atomic mass is 19.1. The highest BCUT2D eigenvalue weighted by molar-refractivity contribution is 5.95. The summed E-state index contributed by atoms with van der Waals surface area (Å²) >= 11 is 0. The highest BCUT2D eigenvalue weighted by Gasteiger charge is 2.38. The zero-order valence-corrected chi connectivity index (χ0v) is 11.6. The maximum absolute atomic E-state index is 13.8. The van der Waals surface area contributed by atoms with Gasteiger partial charge in [-0.2, -0.15) is 0 Å². The van der Waals surface area contributed by atoms with E-state index in [1.165, 1.54) is 6.92 Å². The first kappa shape index (κ1) is 14.9. The number of benzene rings is 1. The number of anilines is 1. The van der Waals surface area contributed by atoms with Crippen molar-refractivity contribution in [2.45, 2.75) is 39.0 Å². The van der Waals surface area contributed by atoms with E-state index in [1.807, 2.05) is 0 Å². The van der Waals surface area contributed by atoms with Crippen molar-refractivity contribution >= 4 is 11.6 Å². The van der Waals surface area contributed by atoms with Crippen molar-refractivity contribution in [2.75, 3.05) is 11.9 Å². The van der Waals surface area contributed by atoms with E-state index in [9.17, 15) is 13.6 Å². The highest BCUT2D eigenvalue weighted by Crippen LogP contribution is 2.36. The molecule has 1 aliphatic carbocycles. The van der Waals surface area contributed by atoms with Crippen LogP contribution in [0.5, 0.6) is 0 Å². The lowest BCUT2D eigenvalue weighted by atomic mass is 9.73. The average molecular weight is 282 g/mol. The van der Waals surface area contributed by atoms with Crippen LogP contribution in [0.25, 0.3) is 0 Å². The van der Waals surface area contributed by atoms with Gasteiger partial charge in [-0.25, -0.2) is 8.78 Å². The van der Waals surface area contributed by atoms with Crippen LogP contribution in [0.4, 0.5) is 14.5 Å². The molecule has 20 heavy (non-hydrogen) atoms. The number of rotatable bonds is 3. The number of nitrogens with one attached hydrogen (secondary N) is 1. The Morgan fingerprint density at radius 2 is 1.90 bits per heavy atom. The molecule has 1 aromatic carbocycles. The molecule has 0 saturated heterocycles. The number of nitrogens with two attached hydrogens (primary N) is 1. The Hall–Kier alpha value is -1.49. The van der Waals surface area contributed by atoms with Crippen LogP contribution in [0.1, 0.15) is 37.7 Å². The molecule has 0 aromatic heterocycles. The molecule has 0 unspecified atom stereocenters. The summed E-state index contributed by atoms with van der Waals surface area (Å²) in [6, 6.07) is 2.11. The molecule has 110 valence electrons. The van der Waals surface area contributed by atoms with Crippen LogP contribution in [0.3, 0.4) is 0 Å². The first-order chi connectivity index (χ1) is 9.48. The summed E-state index contributed by atoms with van der Waals surface area (Å²) in [5.41, 5.74) is 5.21. The summed E-state index contributed by atoms with van der Waals surface area (Å²) in [4.78, 5) is 12.4. The Bertz CT molecular complexity index is 511. The summed E-state index contributed by atoms with van der Waals surface area (Å²) in [5, 5.41) is 2.51. The second kappa shape index (κ2) is 5.87. The minimum atomic E-state index is -0.647. The molecule has 3 N–H and O–H groups in total. The predicted molar refractivity (Wildman–Crippen MR) is 74.3 cm³/mol. The second-order valence-corrected chi connectivity index (χ2v) is 5.58. The van der Waals surface area contributed by atoms with Crippen LogP contribution in [-0.4, -0.2) is 12.5 Å². The van der Waals surface area contributed by atoms with E-state index in [1.54, 1.807) is 0 Å². The number of hydrogen-bond acceptors (Lipinski definition) is 2. The maximum atomic E-state index is 13.8.